The number of rotatable bonds is 7. The molecular weight excluding hydrogens is 627 g/mol. The number of hydrogen-bond donors (Lipinski definition) is 1. The van der Waals surface area contributed by atoms with E-state index in [2.05, 4.69) is 189 Å². The maximum absolute atomic E-state index is 3.81. The Bertz CT molecular complexity index is 2710. The van der Waals surface area contributed by atoms with Gasteiger partial charge in [0.05, 0.1) is 0 Å². The van der Waals surface area contributed by atoms with Crippen molar-refractivity contribution in [3.63, 3.8) is 0 Å². The molecule has 0 heterocycles. The smallest absolute Gasteiger partial charge is 0.0400 e. The van der Waals surface area contributed by atoms with Crippen LogP contribution in [-0.4, -0.2) is 0 Å². The fourth-order valence-corrected chi connectivity index (χ4v) is 8.81. The Morgan fingerprint density at radius 3 is 1.96 bits per heavy atom. The predicted octanol–water partition coefficient (Wildman–Crippen LogP) is 13.0. The minimum Gasteiger partial charge on any atom is -0.381 e. The average molecular weight is 666 g/mol. The Kier molecular flexibility index (Phi) is 7.05. The molecule has 0 fully saturated rings. The molecule has 0 amide bonds. The van der Waals surface area contributed by atoms with Crippen LogP contribution in [0.4, 0.5) is 0 Å². The molecule has 8 aromatic rings. The predicted molar refractivity (Wildman–Crippen MR) is 220 cm³/mol. The highest BCUT2D eigenvalue weighted by molar-refractivity contribution is 6.15. The topological polar surface area (TPSA) is 12.0 Å². The van der Waals surface area contributed by atoms with E-state index in [1.807, 2.05) is 0 Å². The second-order valence-corrected chi connectivity index (χ2v) is 14.9. The molecule has 2 aliphatic rings. The van der Waals surface area contributed by atoms with Gasteiger partial charge in [0.25, 0.3) is 0 Å². The lowest BCUT2D eigenvalue weighted by molar-refractivity contribution is 0.661. The van der Waals surface area contributed by atoms with Gasteiger partial charge >= 0.3 is 0 Å². The summed E-state index contributed by atoms with van der Waals surface area (Å²) < 4.78 is 0. The van der Waals surface area contributed by atoms with E-state index in [1.165, 1.54) is 93.9 Å². The van der Waals surface area contributed by atoms with E-state index in [0.717, 1.165) is 18.7 Å². The summed E-state index contributed by atoms with van der Waals surface area (Å²) in [7, 11) is 0. The van der Waals surface area contributed by atoms with E-state index in [1.54, 1.807) is 0 Å². The van der Waals surface area contributed by atoms with Gasteiger partial charge in [0.1, 0.15) is 0 Å². The summed E-state index contributed by atoms with van der Waals surface area (Å²) in [6.45, 7) is 5.51. The second kappa shape index (κ2) is 12.0. The van der Waals surface area contributed by atoms with E-state index in [4.69, 9.17) is 0 Å². The molecule has 10 rings (SSSR count). The van der Waals surface area contributed by atoms with Gasteiger partial charge in [-0.05, 0) is 112 Å². The van der Waals surface area contributed by atoms with Gasteiger partial charge in [0, 0.05) is 17.7 Å². The lowest BCUT2D eigenvalue weighted by Crippen LogP contribution is -2.14. The van der Waals surface area contributed by atoms with Gasteiger partial charge in [-0.1, -0.05) is 172 Å². The molecule has 0 aromatic heterocycles. The van der Waals surface area contributed by atoms with Crippen molar-refractivity contribution >= 4 is 27.2 Å². The summed E-state index contributed by atoms with van der Waals surface area (Å²) in [4.78, 5) is 0. The van der Waals surface area contributed by atoms with Crippen molar-refractivity contribution in [2.24, 2.45) is 0 Å². The zero-order valence-corrected chi connectivity index (χ0v) is 29.6. The summed E-state index contributed by atoms with van der Waals surface area (Å²) >= 11 is 0. The van der Waals surface area contributed by atoms with Crippen LogP contribution in [0.25, 0.3) is 71.7 Å². The normalized spacial score (nSPS) is 13.6. The molecule has 0 aliphatic heterocycles. The van der Waals surface area contributed by atoms with Crippen molar-refractivity contribution in [1.29, 1.82) is 0 Å². The molecule has 248 valence electrons. The van der Waals surface area contributed by atoms with Crippen LogP contribution in [0, 0.1) is 0 Å². The monoisotopic (exact) mass is 665 g/mol. The highest BCUT2D eigenvalue weighted by atomic mass is 14.9. The maximum atomic E-state index is 3.81. The van der Waals surface area contributed by atoms with Gasteiger partial charge in [-0.15, -0.1) is 0 Å². The highest BCUT2D eigenvalue weighted by Crippen LogP contribution is 2.53. The summed E-state index contributed by atoms with van der Waals surface area (Å²) in [6, 6.07) is 60.6. The van der Waals surface area contributed by atoms with Crippen molar-refractivity contribution in [1.82, 2.24) is 5.32 Å². The minimum atomic E-state index is -0.0607. The number of hydrogen-bond acceptors (Lipinski definition) is 1. The first-order chi connectivity index (χ1) is 25.5. The Labute approximate surface area is 305 Å². The molecule has 8 aromatic carbocycles. The number of allylic oxidation sites excluding steroid dienone is 1. The number of benzene rings is 8. The molecule has 0 unspecified atom stereocenters. The molecule has 0 spiro atoms. The number of fused-ring (bicyclic) bond motifs is 7. The van der Waals surface area contributed by atoms with Gasteiger partial charge in [-0.25, -0.2) is 0 Å². The third-order valence-corrected chi connectivity index (χ3v) is 11.5. The van der Waals surface area contributed by atoms with E-state index in [-0.39, 0.29) is 5.41 Å². The standard InChI is InChI=1S/C51H39N/c1-51(2)46-20-10-17-40(50(46)45-30-38-13-6-7-14-39(38)31-47(45)51)35-23-25-36(26-24-35)48(52-32-34-11-4-3-5-12-34)28-22-33-21-27-41-42-18-8-15-37-16-9-19-43(49(37)42)44(41)29-33/h3-21,23-31,52H,22,32H2,1-2H3/b48-28-. The van der Waals surface area contributed by atoms with Crippen LogP contribution in [0.2, 0.25) is 0 Å². The van der Waals surface area contributed by atoms with Crippen LogP contribution in [0.15, 0.2) is 170 Å². The molecule has 1 heteroatoms. The van der Waals surface area contributed by atoms with Crippen LogP contribution < -0.4 is 5.32 Å². The van der Waals surface area contributed by atoms with Crippen LogP contribution in [-0.2, 0) is 18.4 Å². The molecular formula is C51H39N. The summed E-state index contributed by atoms with van der Waals surface area (Å²) in [5, 5.41) is 9.09. The molecule has 0 saturated heterocycles. The second-order valence-electron chi connectivity index (χ2n) is 14.9. The molecule has 1 N–H and O–H groups in total. The van der Waals surface area contributed by atoms with Gasteiger partial charge < -0.3 is 5.32 Å². The van der Waals surface area contributed by atoms with Gasteiger partial charge in [0.2, 0.25) is 0 Å². The van der Waals surface area contributed by atoms with Crippen LogP contribution in [0.3, 0.4) is 0 Å². The largest absolute Gasteiger partial charge is 0.381 e. The first-order valence-corrected chi connectivity index (χ1v) is 18.4. The fourth-order valence-electron chi connectivity index (χ4n) is 8.81. The fraction of sp³-hybridized carbons (Fsp3) is 0.0980. The Morgan fingerprint density at radius 2 is 1.17 bits per heavy atom. The lowest BCUT2D eigenvalue weighted by Gasteiger charge is -2.22. The van der Waals surface area contributed by atoms with Gasteiger partial charge in [-0.2, -0.15) is 0 Å². The molecule has 0 radical (unpaired) electrons. The van der Waals surface area contributed by atoms with Crippen molar-refractivity contribution in [2.75, 3.05) is 0 Å². The van der Waals surface area contributed by atoms with Crippen LogP contribution in [0.1, 0.15) is 41.7 Å². The SMILES string of the molecule is CC1(C)c2cc3ccccc3cc2-c2c(-c3ccc(/C(=C/Cc4ccc5c(c4)-c4cccc6cccc-5c46)NCc4ccccc4)cc3)cccc21. The third-order valence-electron chi connectivity index (χ3n) is 11.5. The van der Waals surface area contributed by atoms with Gasteiger partial charge in [-0.3, -0.25) is 0 Å². The van der Waals surface area contributed by atoms with E-state index in [0.29, 0.717) is 0 Å². The van der Waals surface area contributed by atoms with Crippen LogP contribution in [0.5, 0.6) is 0 Å². The zero-order chi connectivity index (χ0) is 34.8. The zero-order valence-electron chi connectivity index (χ0n) is 29.6. The highest BCUT2D eigenvalue weighted by Gasteiger charge is 2.37. The molecule has 0 atom stereocenters. The van der Waals surface area contributed by atoms with E-state index >= 15 is 0 Å². The molecule has 0 bridgehead atoms. The Balaban J connectivity index is 1.00. The first-order valence-electron chi connectivity index (χ1n) is 18.4. The lowest BCUT2D eigenvalue weighted by atomic mass is 9.81. The van der Waals surface area contributed by atoms with Crippen molar-refractivity contribution < 1.29 is 0 Å². The van der Waals surface area contributed by atoms with Crippen molar-refractivity contribution in [3.05, 3.63) is 198 Å². The molecule has 1 nitrogen and oxygen atoms in total. The first kappa shape index (κ1) is 30.6. The molecule has 2 aliphatic carbocycles. The van der Waals surface area contributed by atoms with Crippen molar-refractivity contribution in [3.8, 4) is 44.5 Å². The van der Waals surface area contributed by atoms with Crippen molar-refractivity contribution in [2.45, 2.75) is 32.2 Å². The third kappa shape index (κ3) is 4.92. The summed E-state index contributed by atoms with van der Waals surface area (Å²) in [5.41, 5.74) is 18.3. The number of nitrogens with one attached hydrogen (secondary N) is 1. The van der Waals surface area contributed by atoms with E-state index < -0.39 is 0 Å². The molecule has 0 saturated carbocycles. The van der Waals surface area contributed by atoms with E-state index in [9.17, 15) is 0 Å². The quantitative estimate of drug-likeness (QED) is 0.179. The Morgan fingerprint density at radius 1 is 0.500 bits per heavy atom. The molecule has 52 heavy (non-hydrogen) atoms. The summed E-state index contributed by atoms with van der Waals surface area (Å²) in [6.07, 6.45) is 3.21. The minimum absolute atomic E-state index is 0.0607. The maximum Gasteiger partial charge on any atom is 0.0400 e. The van der Waals surface area contributed by atoms with Gasteiger partial charge in [0.15, 0.2) is 0 Å². The van der Waals surface area contributed by atoms with Crippen LogP contribution >= 0.6 is 0 Å². The Hall–Kier alpha value is -6.18. The average Bonchev–Trinajstić information content (AvgIpc) is 3.63. The summed E-state index contributed by atoms with van der Waals surface area (Å²) in [5.74, 6) is 0.